The first-order chi connectivity index (χ1) is 14.7. The van der Waals surface area contributed by atoms with Crippen LogP contribution in [-0.4, -0.2) is 39.7 Å². The summed E-state index contributed by atoms with van der Waals surface area (Å²) in [5.41, 5.74) is 3.19. The Morgan fingerprint density at radius 2 is 1.97 bits per heavy atom. The molecule has 0 unspecified atom stereocenters. The van der Waals surface area contributed by atoms with Gasteiger partial charge in [-0.2, -0.15) is 0 Å². The van der Waals surface area contributed by atoms with Crippen LogP contribution in [-0.2, 0) is 0 Å². The van der Waals surface area contributed by atoms with Crippen LogP contribution in [0, 0.1) is 11.6 Å². The van der Waals surface area contributed by atoms with Gasteiger partial charge in [0.2, 0.25) is 0 Å². The minimum Gasteiger partial charge on any atom is -0.356 e. The minimum atomic E-state index is -0.914. The van der Waals surface area contributed by atoms with Gasteiger partial charge in [-0.05, 0) is 56.1 Å². The summed E-state index contributed by atoms with van der Waals surface area (Å²) in [5.74, 6) is -0.961. The van der Waals surface area contributed by atoms with Crippen LogP contribution in [0.2, 0.25) is 0 Å². The van der Waals surface area contributed by atoms with Crippen LogP contribution < -0.4 is 0 Å². The van der Waals surface area contributed by atoms with Crippen molar-refractivity contribution in [3.8, 4) is 22.5 Å². The van der Waals surface area contributed by atoms with E-state index in [2.05, 4.69) is 33.0 Å². The molecule has 1 N–H and O–H groups in total. The van der Waals surface area contributed by atoms with Gasteiger partial charge in [0.25, 0.3) is 0 Å². The number of aromatic nitrogens is 3. The van der Waals surface area contributed by atoms with E-state index in [1.165, 1.54) is 23.9 Å². The topological polar surface area (TPSA) is 58.0 Å². The second-order valence-corrected chi connectivity index (χ2v) is 7.75. The van der Waals surface area contributed by atoms with E-state index < -0.39 is 11.6 Å². The predicted molar refractivity (Wildman–Crippen MR) is 111 cm³/mol. The van der Waals surface area contributed by atoms with Gasteiger partial charge in [0, 0.05) is 28.9 Å². The van der Waals surface area contributed by atoms with Gasteiger partial charge in [-0.3, -0.25) is 0 Å². The zero-order chi connectivity index (χ0) is 20.7. The molecular weight excluding hydrogens is 386 g/mol. The summed E-state index contributed by atoms with van der Waals surface area (Å²) in [4.78, 5) is 10.2. The number of fused-ring (bicyclic) bond motifs is 1. The molecule has 5 nitrogen and oxygen atoms in total. The van der Waals surface area contributed by atoms with E-state index in [0.717, 1.165) is 55.1 Å². The van der Waals surface area contributed by atoms with Crippen LogP contribution in [0.4, 0.5) is 8.78 Å². The fourth-order valence-corrected chi connectivity index (χ4v) is 4.35. The SMILES string of the molecule is CCN1CCC(c2cnc3[nH]cc(-c4oncc4-c4cccc(F)c4F)c3c2)CC1. The summed E-state index contributed by atoms with van der Waals surface area (Å²) in [6.45, 7) is 5.45. The first kappa shape index (κ1) is 18.9. The van der Waals surface area contributed by atoms with Crippen molar-refractivity contribution in [1.82, 2.24) is 20.0 Å². The molecule has 7 heteroatoms. The van der Waals surface area contributed by atoms with Crippen molar-refractivity contribution in [3.05, 3.63) is 60.1 Å². The van der Waals surface area contributed by atoms with Gasteiger partial charge in [0.1, 0.15) is 5.65 Å². The van der Waals surface area contributed by atoms with Crippen molar-refractivity contribution in [2.45, 2.75) is 25.7 Å². The first-order valence-electron chi connectivity index (χ1n) is 10.2. The van der Waals surface area contributed by atoms with Crippen molar-refractivity contribution in [2.24, 2.45) is 0 Å². The second-order valence-electron chi connectivity index (χ2n) is 7.75. The average molecular weight is 408 g/mol. The van der Waals surface area contributed by atoms with E-state index in [9.17, 15) is 8.78 Å². The molecule has 1 saturated heterocycles. The molecule has 0 saturated carbocycles. The zero-order valence-electron chi connectivity index (χ0n) is 16.7. The molecule has 0 aliphatic carbocycles. The van der Waals surface area contributed by atoms with E-state index in [1.807, 2.05) is 6.20 Å². The molecule has 3 aromatic heterocycles. The van der Waals surface area contributed by atoms with Crippen LogP contribution in [0.15, 0.2) is 47.4 Å². The third-order valence-electron chi connectivity index (χ3n) is 6.12. The Bertz CT molecular complexity index is 1190. The number of hydrogen-bond donors (Lipinski definition) is 1. The third kappa shape index (κ3) is 3.19. The molecule has 1 aliphatic heterocycles. The Balaban J connectivity index is 1.55. The van der Waals surface area contributed by atoms with Gasteiger partial charge in [-0.15, -0.1) is 0 Å². The summed E-state index contributed by atoms with van der Waals surface area (Å²) in [6.07, 6.45) is 7.33. The Hall–Kier alpha value is -3.06. The van der Waals surface area contributed by atoms with Crippen LogP contribution in [0.3, 0.4) is 0 Å². The highest BCUT2D eigenvalue weighted by Gasteiger charge is 2.23. The maximum absolute atomic E-state index is 14.4. The number of H-pyrrole nitrogens is 1. The Labute approximate surface area is 172 Å². The molecular formula is C23H22F2N4O. The van der Waals surface area contributed by atoms with Crippen LogP contribution in [0.25, 0.3) is 33.5 Å². The molecule has 0 bridgehead atoms. The second kappa shape index (κ2) is 7.65. The number of rotatable bonds is 4. The number of hydrogen-bond acceptors (Lipinski definition) is 4. The summed E-state index contributed by atoms with van der Waals surface area (Å²) in [5, 5.41) is 4.75. The summed E-state index contributed by atoms with van der Waals surface area (Å²) in [7, 11) is 0. The van der Waals surface area contributed by atoms with Gasteiger partial charge in [0.05, 0.1) is 11.8 Å². The summed E-state index contributed by atoms with van der Waals surface area (Å²) >= 11 is 0. The van der Waals surface area contributed by atoms with Crippen molar-refractivity contribution in [2.75, 3.05) is 19.6 Å². The number of piperidine rings is 1. The van der Waals surface area contributed by atoms with Gasteiger partial charge in [0.15, 0.2) is 17.4 Å². The normalized spacial score (nSPS) is 15.8. The lowest BCUT2D eigenvalue weighted by Crippen LogP contribution is -2.32. The monoisotopic (exact) mass is 408 g/mol. The molecule has 30 heavy (non-hydrogen) atoms. The standard InChI is InChI=1S/C23H22F2N4O/c1-2-29-8-6-14(7-9-29)15-10-17-18(12-27-23(17)26-11-15)22-19(13-28-30-22)16-4-3-5-20(24)21(16)25/h3-5,10-14H,2,6-9H2,1H3,(H,26,27). The molecule has 1 fully saturated rings. The van der Waals surface area contributed by atoms with Crippen molar-refractivity contribution >= 4 is 11.0 Å². The quantitative estimate of drug-likeness (QED) is 0.494. The predicted octanol–water partition coefficient (Wildman–Crippen LogP) is 5.36. The number of pyridine rings is 1. The largest absolute Gasteiger partial charge is 0.356 e. The molecule has 154 valence electrons. The van der Waals surface area contributed by atoms with E-state index in [1.54, 1.807) is 6.20 Å². The fraction of sp³-hybridized carbons (Fsp3) is 0.304. The molecule has 0 spiro atoms. The highest BCUT2D eigenvalue weighted by atomic mass is 19.2. The van der Waals surface area contributed by atoms with E-state index in [-0.39, 0.29) is 5.56 Å². The van der Waals surface area contributed by atoms with Gasteiger partial charge >= 0.3 is 0 Å². The lowest BCUT2D eigenvalue weighted by molar-refractivity contribution is 0.222. The highest BCUT2D eigenvalue weighted by Crippen LogP contribution is 2.38. The number of nitrogens with zero attached hydrogens (tertiary/aromatic N) is 3. The maximum Gasteiger partial charge on any atom is 0.176 e. The van der Waals surface area contributed by atoms with E-state index in [4.69, 9.17) is 4.52 Å². The average Bonchev–Trinajstić information content (AvgIpc) is 3.42. The molecule has 5 rings (SSSR count). The minimum absolute atomic E-state index is 0.122. The summed E-state index contributed by atoms with van der Waals surface area (Å²) in [6, 6.07) is 6.23. The molecule has 4 aromatic rings. The molecule has 0 amide bonds. The first-order valence-corrected chi connectivity index (χ1v) is 10.2. The summed E-state index contributed by atoms with van der Waals surface area (Å²) < 4.78 is 33.7. The third-order valence-corrected chi connectivity index (χ3v) is 6.12. The van der Waals surface area contributed by atoms with Gasteiger partial charge in [-0.25, -0.2) is 13.8 Å². The molecule has 1 aromatic carbocycles. The number of nitrogens with one attached hydrogen (secondary N) is 1. The molecule has 1 aliphatic rings. The van der Waals surface area contributed by atoms with Crippen molar-refractivity contribution < 1.29 is 13.3 Å². The fourth-order valence-electron chi connectivity index (χ4n) is 4.35. The lowest BCUT2D eigenvalue weighted by atomic mass is 9.89. The number of benzene rings is 1. The number of aromatic amines is 1. The Morgan fingerprint density at radius 3 is 2.77 bits per heavy atom. The van der Waals surface area contributed by atoms with E-state index in [0.29, 0.717) is 17.2 Å². The van der Waals surface area contributed by atoms with Crippen LogP contribution in [0.5, 0.6) is 0 Å². The smallest absolute Gasteiger partial charge is 0.176 e. The zero-order valence-corrected chi connectivity index (χ0v) is 16.7. The number of likely N-dealkylation sites (tertiary alicyclic amines) is 1. The van der Waals surface area contributed by atoms with Crippen molar-refractivity contribution in [3.63, 3.8) is 0 Å². The van der Waals surface area contributed by atoms with Crippen molar-refractivity contribution in [1.29, 1.82) is 0 Å². The molecule has 0 radical (unpaired) electrons. The Kier molecular flexibility index (Phi) is 4.83. The lowest BCUT2D eigenvalue weighted by Gasteiger charge is -2.31. The van der Waals surface area contributed by atoms with Crippen LogP contribution >= 0.6 is 0 Å². The van der Waals surface area contributed by atoms with Crippen LogP contribution in [0.1, 0.15) is 31.2 Å². The highest BCUT2D eigenvalue weighted by molar-refractivity contribution is 5.96. The molecule has 0 atom stereocenters. The maximum atomic E-state index is 14.4. The Morgan fingerprint density at radius 1 is 1.13 bits per heavy atom. The van der Waals surface area contributed by atoms with E-state index >= 15 is 0 Å². The van der Waals surface area contributed by atoms with Gasteiger partial charge < -0.3 is 14.4 Å². The number of halogens is 2. The van der Waals surface area contributed by atoms with Gasteiger partial charge in [-0.1, -0.05) is 24.2 Å². The molecule has 4 heterocycles.